The molecular weight excluding hydrogens is 340 g/mol. The molecule has 0 spiro atoms. The van der Waals surface area contributed by atoms with Gasteiger partial charge < -0.3 is 20.8 Å². The summed E-state index contributed by atoms with van der Waals surface area (Å²) in [5, 5.41) is 0. The van der Waals surface area contributed by atoms with E-state index in [9.17, 15) is 4.79 Å². The minimum Gasteiger partial charge on any atom is -0.496 e. The van der Waals surface area contributed by atoms with Crippen LogP contribution in [0.25, 0.3) is 22.5 Å². The molecule has 0 atom stereocenters. The summed E-state index contributed by atoms with van der Waals surface area (Å²) in [5.41, 5.74) is 15.5. The Morgan fingerprint density at radius 1 is 1.00 bits per heavy atom. The Morgan fingerprint density at radius 2 is 1.67 bits per heavy atom. The van der Waals surface area contributed by atoms with Gasteiger partial charge in [-0.1, -0.05) is 42.0 Å². The number of nitrogens with zero attached hydrogens (tertiary/aromatic N) is 2. The molecule has 0 aliphatic heterocycles. The van der Waals surface area contributed by atoms with E-state index in [4.69, 9.17) is 16.2 Å². The fourth-order valence-electron chi connectivity index (χ4n) is 3.02. The molecule has 0 aliphatic rings. The maximum atomic E-state index is 12.3. The minimum atomic E-state index is -0.421. The fraction of sp³-hybridized carbons (Fsp3) is 0.143. The Bertz CT molecular complexity index is 984. The van der Waals surface area contributed by atoms with E-state index >= 15 is 0 Å². The van der Waals surface area contributed by atoms with Crippen molar-refractivity contribution >= 4 is 11.9 Å². The number of guanidine groups is 1. The zero-order chi connectivity index (χ0) is 19.4. The Morgan fingerprint density at radius 3 is 2.33 bits per heavy atom. The first-order valence-electron chi connectivity index (χ1n) is 8.52. The van der Waals surface area contributed by atoms with Crippen LogP contribution in [0.4, 0.5) is 0 Å². The van der Waals surface area contributed by atoms with E-state index in [1.807, 2.05) is 72.2 Å². The van der Waals surface area contributed by atoms with Crippen molar-refractivity contribution in [2.75, 3.05) is 7.11 Å². The number of para-hydroxylation sites is 1. The first-order valence-corrected chi connectivity index (χ1v) is 8.52. The summed E-state index contributed by atoms with van der Waals surface area (Å²) in [4.78, 5) is 16.0. The van der Waals surface area contributed by atoms with Crippen molar-refractivity contribution in [3.05, 3.63) is 66.2 Å². The third kappa shape index (κ3) is 4.00. The molecule has 0 saturated heterocycles. The first-order chi connectivity index (χ1) is 13.0. The molecule has 3 aromatic rings. The molecule has 27 heavy (non-hydrogen) atoms. The van der Waals surface area contributed by atoms with Crippen LogP contribution in [-0.2, 0) is 11.3 Å². The lowest BCUT2D eigenvalue weighted by atomic mass is 10.1. The molecule has 3 rings (SSSR count). The van der Waals surface area contributed by atoms with Crippen LogP contribution in [0, 0.1) is 6.92 Å². The number of amides is 1. The summed E-state index contributed by atoms with van der Waals surface area (Å²) < 4.78 is 7.39. The number of benzene rings is 2. The van der Waals surface area contributed by atoms with Crippen molar-refractivity contribution < 1.29 is 9.53 Å². The van der Waals surface area contributed by atoms with E-state index < -0.39 is 5.91 Å². The summed E-state index contributed by atoms with van der Waals surface area (Å²) in [5.74, 6) is 0.0557. The van der Waals surface area contributed by atoms with E-state index in [1.165, 1.54) is 5.56 Å². The van der Waals surface area contributed by atoms with Gasteiger partial charge >= 0.3 is 0 Å². The molecule has 4 N–H and O–H groups in total. The number of carbonyl (C=O) groups excluding carboxylic acids is 1. The molecule has 0 aliphatic carbocycles. The maximum Gasteiger partial charge on any atom is 0.268 e. The maximum absolute atomic E-state index is 12.3. The topological polar surface area (TPSA) is 95.6 Å². The lowest BCUT2D eigenvalue weighted by Crippen LogP contribution is -2.25. The van der Waals surface area contributed by atoms with Gasteiger partial charge in [0.1, 0.15) is 12.3 Å². The smallest absolute Gasteiger partial charge is 0.268 e. The SMILES string of the molecule is COc1ccccc1-c1ccc(-c2ccc(C)cc2)n1CC(=O)N=C(N)N. The van der Waals surface area contributed by atoms with E-state index in [-0.39, 0.29) is 12.5 Å². The van der Waals surface area contributed by atoms with E-state index in [0.29, 0.717) is 0 Å². The van der Waals surface area contributed by atoms with Crippen molar-refractivity contribution in [2.24, 2.45) is 16.5 Å². The van der Waals surface area contributed by atoms with Gasteiger partial charge in [-0.25, -0.2) is 0 Å². The van der Waals surface area contributed by atoms with Crippen LogP contribution in [0.2, 0.25) is 0 Å². The second-order valence-corrected chi connectivity index (χ2v) is 6.19. The molecule has 0 bridgehead atoms. The van der Waals surface area contributed by atoms with Crippen LogP contribution in [0.15, 0.2) is 65.7 Å². The predicted molar refractivity (Wildman–Crippen MR) is 107 cm³/mol. The quantitative estimate of drug-likeness (QED) is 0.539. The average molecular weight is 362 g/mol. The number of aliphatic imine (C=N–C) groups is 1. The molecule has 2 aromatic carbocycles. The van der Waals surface area contributed by atoms with Gasteiger partial charge in [-0.3, -0.25) is 4.79 Å². The van der Waals surface area contributed by atoms with Crippen molar-refractivity contribution in [2.45, 2.75) is 13.5 Å². The normalized spacial score (nSPS) is 10.4. The molecule has 0 fully saturated rings. The molecule has 0 saturated carbocycles. The zero-order valence-corrected chi connectivity index (χ0v) is 15.3. The number of nitrogens with two attached hydrogens (primary N) is 2. The lowest BCUT2D eigenvalue weighted by molar-refractivity contribution is -0.118. The number of rotatable bonds is 5. The molecule has 138 valence electrons. The highest BCUT2D eigenvalue weighted by molar-refractivity contribution is 5.92. The van der Waals surface area contributed by atoms with Crippen LogP contribution in [0.3, 0.4) is 0 Å². The van der Waals surface area contributed by atoms with Gasteiger partial charge in [0.25, 0.3) is 5.91 Å². The van der Waals surface area contributed by atoms with Gasteiger partial charge in [0.05, 0.1) is 12.8 Å². The standard InChI is InChI=1S/C21H22N4O2/c1-14-7-9-15(10-8-14)17-11-12-18(16-5-3-4-6-19(16)27-2)25(17)13-20(26)24-21(22)23/h3-12H,13H2,1-2H3,(H4,22,23,24,26). The molecule has 1 amide bonds. The van der Waals surface area contributed by atoms with Crippen LogP contribution >= 0.6 is 0 Å². The second kappa shape index (κ2) is 7.78. The number of aryl methyl sites for hydroxylation is 1. The molecule has 1 heterocycles. The number of carbonyl (C=O) groups is 1. The Balaban J connectivity index is 2.15. The van der Waals surface area contributed by atoms with Crippen molar-refractivity contribution in [1.82, 2.24) is 4.57 Å². The fourth-order valence-corrected chi connectivity index (χ4v) is 3.02. The van der Waals surface area contributed by atoms with Gasteiger partial charge in [0.15, 0.2) is 5.96 Å². The van der Waals surface area contributed by atoms with Crippen LogP contribution in [0.1, 0.15) is 5.56 Å². The van der Waals surface area contributed by atoms with Crippen molar-refractivity contribution in [3.63, 3.8) is 0 Å². The van der Waals surface area contributed by atoms with Gasteiger partial charge in [-0.15, -0.1) is 0 Å². The minimum absolute atomic E-state index is 0.0154. The summed E-state index contributed by atoms with van der Waals surface area (Å²) in [6, 6.07) is 19.7. The van der Waals surface area contributed by atoms with Crippen LogP contribution in [-0.4, -0.2) is 23.5 Å². The number of methoxy groups -OCH3 is 1. The predicted octanol–water partition coefficient (Wildman–Crippen LogP) is 2.94. The van der Waals surface area contributed by atoms with Gasteiger partial charge in [-0.2, -0.15) is 4.99 Å². The number of aromatic nitrogens is 1. The highest BCUT2D eigenvalue weighted by Gasteiger charge is 2.17. The third-order valence-corrected chi connectivity index (χ3v) is 4.26. The Labute approximate surface area is 158 Å². The molecule has 0 radical (unpaired) electrons. The highest BCUT2D eigenvalue weighted by Crippen LogP contribution is 2.34. The summed E-state index contributed by atoms with van der Waals surface area (Å²) in [6.45, 7) is 2.05. The number of ether oxygens (including phenoxy) is 1. The highest BCUT2D eigenvalue weighted by atomic mass is 16.5. The molecule has 0 unspecified atom stereocenters. The molecule has 6 nitrogen and oxygen atoms in total. The Hall–Kier alpha value is -3.54. The third-order valence-electron chi connectivity index (χ3n) is 4.26. The van der Waals surface area contributed by atoms with Crippen LogP contribution < -0.4 is 16.2 Å². The Kier molecular flexibility index (Phi) is 5.26. The van der Waals surface area contributed by atoms with Gasteiger partial charge in [0, 0.05) is 11.3 Å². The summed E-state index contributed by atoms with van der Waals surface area (Å²) >= 11 is 0. The summed E-state index contributed by atoms with van der Waals surface area (Å²) in [7, 11) is 1.62. The number of hydrogen-bond acceptors (Lipinski definition) is 2. The first kappa shape index (κ1) is 18.3. The number of hydrogen-bond donors (Lipinski definition) is 2. The van der Waals surface area contributed by atoms with E-state index in [1.54, 1.807) is 7.11 Å². The van der Waals surface area contributed by atoms with Crippen molar-refractivity contribution in [1.29, 1.82) is 0 Å². The zero-order valence-electron chi connectivity index (χ0n) is 15.3. The van der Waals surface area contributed by atoms with E-state index in [2.05, 4.69) is 4.99 Å². The van der Waals surface area contributed by atoms with Crippen LogP contribution in [0.5, 0.6) is 5.75 Å². The molecular formula is C21H22N4O2. The largest absolute Gasteiger partial charge is 0.496 e. The molecule has 1 aromatic heterocycles. The summed E-state index contributed by atoms with van der Waals surface area (Å²) in [6.07, 6.45) is 0. The monoisotopic (exact) mass is 362 g/mol. The van der Waals surface area contributed by atoms with Gasteiger partial charge in [0.2, 0.25) is 0 Å². The lowest BCUT2D eigenvalue weighted by Gasteiger charge is -2.14. The van der Waals surface area contributed by atoms with Crippen molar-refractivity contribution in [3.8, 4) is 28.3 Å². The average Bonchev–Trinajstić information content (AvgIpc) is 3.04. The van der Waals surface area contributed by atoms with E-state index in [0.717, 1.165) is 28.3 Å². The van der Waals surface area contributed by atoms with Gasteiger partial charge in [-0.05, 0) is 36.8 Å². The molecule has 6 heteroatoms. The second-order valence-electron chi connectivity index (χ2n) is 6.19.